The Morgan fingerprint density at radius 3 is 0.423 bits per heavy atom. The molecule has 0 rings (SSSR count). The van der Waals surface area contributed by atoms with E-state index in [2.05, 4.69) is 125 Å². The molecule has 2 N–H and O–H groups in total. The maximum Gasteiger partial charge on any atom is 0 e. The predicted molar refractivity (Wildman–Crippen MR) is 63.7 cm³/mol. The summed E-state index contributed by atoms with van der Waals surface area (Å²) in [5.74, 6) is 0. The lowest BCUT2D eigenvalue weighted by atomic mass is 12.3. The van der Waals surface area contributed by atoms with Crippen molar-refractivity contribution in [2.45, 2.75) is 0 Å². The third-order valence-corrected chi connectivity index (χ3v) is 0.929. The molecule has 0 fully saturated rings. The van der Waals surface area contributed by atoms with Crippen molar-refractivity contribution in [2.75, 3.05) is 0 Å². The summed E-state index contributed by atoms with van der Waals surface area (Å²) < 4.78 is 0. The molecule has 0 aromatic heterocycles. The van der Waals surface area contributed by atoms with Crippen LogP contribution in [-0.4, -0.2) is 0 Å². The van der Waals surface area contributed by atoms with Gasteiger partial charge in [0.2, 0.25) is 0 Å². The van der Waals surface area contributed by atoms with Crippen LogP contribution in [0.4, 0.5) is 0 Å². The zero-order valence-corrected chi connectivity index (χ0v) is 11.7. The van der Waals surface area contributed by atoms with Gasteiger partial charge in [0.1, 0.15) is 0 Å². The molecule has 0 atom stereocenters. The summed E-state index contributed by atoms with van der Waals surface area (Å²) in [4.78, 5) is 0. The fourth-order valence-electron chi connectivity index (χ4n) is 0.398. The molecule has 26 heteroatoms. The molecule has 26 nitrogen and oxygen atoms in total. The average molecular weight is 366 g/mol. The van der Waals surface area contributed by atoms with Crippen LogP contribution in [0.5, 0.6) is 0 Å². The van der Waals surface area contributed by atoms with E-state index in [4.69, 9.17) is 11.1 Å². The van der Waals surface area contributed by atoms with Crippen molar-refractivity contribution in [1.29, 1.82) is 11.1 Å². The summed E-state index contributed by atoms with van der Waals surface area (Å²) in [7, 11) is 0. The lowest BCUT2D eigenvalue weighted by molar-refractivity contribution is 0.731. The Kier molecular flexibility index (Phi) is 15.8. The van der Waals surface area contributed by atoms with Gasteiger partial charge in [-0.1, -0.05) is 0 Å². The second kappa shape index (κ2) is 19.8. The molecule has 0 amide bonds. The zero-order chi connectivity index (χ0) is 19.0. The Balaban J connectivity index is 3.93. The highest BCUT2D eigenvalue weighted by Crippen LogP contribution is 1.90. The number of hydrogen-bond acceptors (Lipinski definition) is 2. The minimum Gasteiger partial charge on any atom is -0.183 e. The average Bonchev–Trinajstić information content (AvgIpc) is 2.66. The first-order valence-corrected chi connectivity index (χ1v) is 5.05. The van der Waals surface area contributed by atoms with Crippen LogP contribution < -0.4 is 0 Å². The van der Waals surface area contributed by atoms with Gasteiger partial charge in [0.05, 0.1) is 0 Å². The van der Waals surface area contributed by atoms with Crippen molar-refractivity contribution in [3.05, 3.63) is 0 Å². The third-order valence-electron chi connectivity index (χ3n) is 0.929. The van der Waals surface area contributed by atoms with Gasteiger partial charge in [0.15, 0.2) is 0 Å². The highest BCUT2D eigenvalue weighted by Gasteiger charge is 1.71. The lowest BCUT2D eigenvalue weighted by Gasteiger charge is -1.70. The summed E-state index contributed by atoms with van der Waals surface area (Å²) >= 11 is 0. The molecule has 0 aromatic rings. The first-order chi connectivity index (χ1) is 12.9. The molecule has 0 heterocycles. The minimum atomic E-state index is 2.50. The predicted octanol–water partition coefficient (Wildman–Crippen LogP) is 5.00. The summed E-state index contributed by atoms with van der Waals surface area (Å²) in [6.45, 7) is 0. The standard InChI is InChI=1S/H2N26/c1-3-5-7-9-11-13-15-17-19-21-23-25-26-24-22-20-18-16-14-12-10-8-6-4-2/h1-2H/b3-1?,4-2?,7-5+,8-6+,11-9+,12-10+,15-13+,16-14+,19-17+,20-18+,23-21+,24-22+,26-25+. The molecular formula is H2N26. The summed E-state index contributed by atoms with van der Waals surface area (Å²) in [6.07, 6.45) is 0. The van der Waals surface area contributed by atoms with Crippen molar-refractivity contribution in [3.63, 3.8) is 0 Å². The van der Waals surface area contributed by atoms with Crippen LogP contribution in [0, 0.1) is 11.1 Å². The molecule has 0 spiro atoms. The van der Waals surface area contributed by atoms with E-state index in [9.17, 15) is 0 Å². The van der Waals surface area contributed by atoms with Crippen molar-refractivity contribution in [3.8, 4) is 0 Å². The molecular weight excluding hydrogens is 364 g/mol. The van der Waals surface area contributed by atoms with Crippen molar-refractivity contribution >= 4 is 0 Å². The van der Waals surface area contributed by atoms with E-state index in [1.807, 2.05) is 0 Å². The normalized spacial score (nSPS) is 14.3. The first kappa shape index (κ1) is 20.8. The lowest BCUT2D eigenvalue weighted by Crippen LogP contribution is -1.51. The van der Waals surface area contributed by atoms with Crippen molar-refractivity contribution in [2.24, 2.45) is 125 Å². The smallest absolute Gasteiger partial charge is 0 e. The second-order valence-electron chi connectivity index (χ2n) is 2.17. The van der Waals surface area contributed by atoms with Gasteiger partial charge < -0.3 is 0 Å². The number of hydrogen-bond donors (Lipinski definition) is 2. The molecule has 0 radical (unpaired) electrons. The van der Waals surface area contributed by atoms with Gasteiger partial charge in [-0.25, -0.2) is 0 Å². The summed E-state index contributed by atoms with van der Waals surface area (Å²) in [5.41, 5.74) is 12.4. The Labute approximate surface area is 137 Å². The van der Waals surface area contributed by atoms with Crippen LogP contribution in [-0.2, 0) is 0 Å². The van der Waals surface area contributed by atoms with Crippen molar-refractivity contribution in [1.82, 2.24) is 0 Å². The molecule has 0 bridgehead atoms. The van der Waals surface area contributed by atoms with E-state index in [-0.39, 0.29) is 0 Å². The van der Waals surface area contributed by atoms with E-state index >= 15 is 0 Å². The van der Waals surface area contributed by atoms with Crippen LogP contribution in [0.3, 0.4) is 0 Å². The molecule has 0 aliphatic rings. The quantitative estimate of drug-likeness (QED) is 0.339. The van der Waals surface area contributed by atoms with Crippen LogP contribution >= 0.6 is 0 Å². The molecule has 26 heavy (non-hydrogen) atoms. The Hall–Kier alpha value is -5.20. The second-order valence-corrected chi connectivity index (χ2v) is 2.17. The van der Waals surface area contributed by atoms with Gasteiger partial charge in [-0.15, -0.1) is 0 Å². The first-order valence-electron chi connectivity index (χ1n) is 5.05. The van der Waals surface area contributed by atoms with Gasteiger partial charge in [-0.05, 0) is 83.6 Å². The van der Waals surface area contributed by atoms with Gasteiger partial charge in [-0.2, -0.15) is 11.1 Å². The fraction of sp³-hybridized carbons (Fsp3) is 0. The molecule has 132 valence electrons. The summed E-state index contributed by atoms with van der Waals surface area (Å²) in [6, 6.07) is 0. The highest BCUT2D eigenvalue weighted by molar-refractivity contribution is 4.14. The van der Waals surface area contributed by atoms with Crippen LogP contribution in [0.2, 0.25) is 0 Å². The molecule has 0 aliphatic carbocycles. The fourth-order valence-corrected chi connectivity index (χ4v) is 0.398. The Morgan fingerprint density at radius 1 is 0.192 bits per heavy atom. The number of nitrogens with zero attached hydrogens (tertiary/aromatic N) is 24. The van der Waals surface area contributed by atoms with E-state index in [1.165, 1.54) is 0 Å². The van der Waals surface area contributed by atoms with Crippen LogP contribution in [0.1, 0.15) is 0 Å². The number of nitrogens with one attached hydrogen (secondary N) is 2. The van der Waals surface area contributed by atoms with E-state index in [1.54, 1.807) is 0 Å². The maximum absolute atomic E-state index is 6.21. The van der Waals surface area contributed by atoms with Crippen molar-refractivity contribution < 1.29 is 0 Å². The maximum atomic E-state index is 6.21. The molecule has 0 aromatic carbocycles. The molecule has 0 saturated heterocycles. The number of rotatable bonds is 12. The highest BCUT2D eigenvalue weighted by atomic mass is 15.7. The molecule has 0 unspecified atom stereocenters. The topological polar surface area (TPSA) is 344 Å². The Morgan fingerprint density at radius 2 is 0.308 bits per heavy atom. The summed E-state index contributed by atoms with van der Waals surface area (Å²) in [5, 5.41) is 69.6. The van der Waals surface area contributed by atoms with Gasteiger partial charge in [0, 0.05) is 41.8 Å². The van der Waals surface area contributed by atoms with Crippen LogP contribution in [0.25, 0.3) is 0 Å². The van der Waals surface area contributed by atoms with Gasteiger partial charge >= 0.3 is 0 Å². The SMILES string of the molecule is N=N/N=N/N=N/N=N/N=N/N=N/N=N/N=N/N=N/N=N/N=N/N=N/N=N. The van der Waals surface area contributed by atoms with Gasteiger partial charge in [0.25, 0.3) is 0 Å². The van der Waals surface area contributed by atoms with Crippen LogP contribution in [0.15, 0.2) is 125 Å². The van der Waals surface area contributed by atoms with Gasteiger partial charge in [-0.3, -0.25) is 0 Å². The van der Waals surface area contributed by atoms with E-state index in [0.29, 0.717) is 0 Å². The zero-order valence-electron chi connectivity index (χ0n) is 11.7. The largest absolute Gasteiger partial charge is 0.183 e. The monoisotopic (exact) mass is 366 g/mol. The Bertz CT molecular complexity index is 616. The molecule has 0 saturated carbocycles. The van der Waals surface area contributed by atoms with E-state index < -0.39 is 0 Å². The third kappa shape index (κ3) is 18.8. The molecule has 0 aliphatic heterocycles. The minimum absolute atomic E-state index is 2.50. The van der Waals surface area contributed by atoms with E-state index in [0.717, 1.165) is 0 Å².